The van der Waals surface area contributed by atoms with Gasteiger partial charge < -0.3 is 9.47 Å². The quantitative estimate of drug-likeness (QED) is 0.413. The fourth-order valence-electron chi connectivity index (χ4n) is 2.50. The molecular weight excluding hydrogens is 262 g/mol. The van der Waals surface area contributed by atoms with Gasteiger partial charge in [0.1, 0.15) is 5.75 Å². The third-order valence-corrected chi connectivity index (χ3v) is 3.53. The first-order valence-electron chi connectivity index (χ1n) is 6.93. The van der Waals surface area contributed by atoms with Gasteiger partial charge in [-0.25, -0.2) is 0 Å². The molecule has 0 saturated heterocycles. The summed E-state index contributed by atoms with van der Waals surface area (Å²) in [4.78, 5) is 0. The monoisotopic (exact) mass is 280 g/mol. The summed E-state index contributed by atoms with van der Waals surface area (Å²) in [7, 11) is 1.71. The number of hydrogen-bond donors (Lipinski definition) is 0. The lowest BCUT2D eigenvalue weighted by Gasteiger charge is -2.06. The van der Waals surface area contributed by atoms with Gasteiger partial charge in [-0.3, -0.25) is 0 Å². The van der Waals surface area contributed by atoms with Crippen LogP contribution < -0.4 is 13.9 Å². The minimum atomic E-state index is 0.830. The Morgan fingerprint density at radius 3 is 2.71 bits per heavy atom. The van der Waals surface area contributed by atoms with E-state index in [2.05, 4.69) is 41.9 Å². The van der Waals surface area contributed by atoms with Gasteiger partial charge in [-0.1, -0.05) is 6.08 Å². The van der Waals surface area contributed by atoms with Crippen LogP contribution in [0.5, 0.6) is 11.5 Å². The van der Waals surface area contributed by atoms with Crippen molar-refractivity contribution in [2.75, 3.05) is 7.11 Å². The molecule has 3 aromatic rings. The summed E-state index contributed by atoms with van der Waals surface area (Å²) in [5, 5.41) is 2.28. The maximum absolute atomic E-state index is 5.54. The molecule has 0 atom stereocenters. The zero-order valence-electron chi connectivity index (χ0n) is 12.5. The van der Waals surface area contributed by atoms with Gasteiger partial charge in [0.05, 0.1) is 13.4 Å². The van der Waals surface area contributed by atoms with Crippen LogP contribution in [0.3, 0.4) is 0 Å². The lowest BCUT2D eigenvalue weighted by molar-refractivity contribution is -0.510. The summed E-state index contributed by atoms with van der Waals surface area (Å²) in [5.41, 5.74) is 2.17. The SMILES string of the molecule is CC=COc1ccc2c[n+]3ccc(C)c(OC)c3cc2c1. The standard InChI is InChI=1S/C18H18NO2/c1-4-9-21-16-6-5-14-12-19-8-7-13(2)18(20-3)17(19)11-15(14)10-16/h4-12H,1-3H3/q+1. The number of ether oxygens (including phenoxy) is 2. The van der Waals surface area contributed by atoms with Crippen molar-refractivity contribution in [2.45, 2.75) is 13.8 Å². The van der Waals surface area contributed by atoms with E-state index >= 15 is 0 Å². The number of pyridine rings is 2. The van der Waals surface area contributed by atoms with Gasteiger partial charge in [0.15, 0.2) is 18.1 Å². The van der Waals surface area contributed by atoms with E-state index in [-0.39, 0.29) is 0 Å². The van der Waals surface area contributed by atoms with E-state index in [1.807, 2.05) is 25.1 Å². The molecule has 0 aliphatic carbocycles. The lowest BCUT2D eigenvalue weighted by Crippen LogP contribution is -2.21. The Hall–Kier alpha value is -2.55. The van der Waals surface area contributed by atoms with Crippen molar-refractivity contribution in [1.29, 1.82) is 0 Å². The average Bonchev–Trinajstić information content (AvgIpc) is 2.51. The molecule has 0 fully saturated rings. The third-order valence-electron chi connectivity index (χ3n) is 3.53. The topological polar surface area (TPSA) is 22.6 Å². The van der Waals surface area contributed by atoms with Crippen molar-refractivity contribution in [3.05, 3.63) is 60.6 Å². The van der Waals surface area contributed by atoms with Crippen molar-refractivity contribution < 1.29 is 13.9 Å². The lowest BCUT2D eigenvalue weighted by atomic mass is 10.1. The highest BCUT2D eigenvalue weighted by Crippen LogP contribution is 2.26. The van der Waals surface area contributed by atoms with Crippen LogP contribution in [0.4, 0.5) is 0 Å². The predicted octanol–water partition coefficient (Wildman–Crippen LogP) is 3.81. The van der Waals surface area contributed by atoms with Crippen LogP contribution in [-0.2, 0) is 0 Å². The first kappa shape index (κ1) is 13.4. The van der Waals surface area contributed by atoms with Crippen LogP contribution in [-0.4, -0.2) is 7.11 Å². The minimum absolute atomic E-state index is 0.830. The molecule has 0 unspecified atom stereocenters. The normalized spacial score (nSPS) is 11.4. The number of allylic oxidation sites excluding steroid dienone is 1. The maximum atomic E-state index is 5.54. The Morgan fingerprint density at radius 2 is 1.95 bits per heavy atom. The second-order valence-electron chi connectivity index (χ2n) is 4.98. The summed E-state index contributed by atoms with van der Waals surface area (Å²) in [6.07, 6.45) is 7.71. The zero-order chi connectivity index (χ0) is 14.8. The number of hydrogen-bond acceptors (Lipinski definition) is 2. The summed E-state index contributed by atoms with van der Waals surface area (Å²) in [6, 6.07) is 10.3. The Kier molecular flexibility index (Phi) is 3.48. The van der Waals surface area contributed by atoms with E-state index in [0.717, 1.165) is 33.4 Å². The van der Waals surface area contributed by atoms with Gasteiger partial charge in [-0.2, -0.15) is 4.40 Å². The highest BCUT2D eigenvalue weighted by atomic mass is 16.5. The molecule has 3 nitrogen and oxygen atoms in total. The molecular formula is C18H18NO2+. The summed E-state index contributed by atoms with van der Waals surface area (Å²) < 4.78 is 13.2. The molecule has 0 amide bonds. The zero-order valence-corrected chi connectivity index (χ0v) is 12.5. The maximum Gasteiger partial charge on any atom is 0.253 e. The molecule has 0 aliphatic rings. The molecule has 3 rings (SSSR count). The molecule has 0 bridgehead atoms. The van der Waals surface area contributed by atoms with Crippen molar-refractivity contribution in [1.82, 2.24) is 0 Å². The Labute approximate surface area is 124 Å². The third kappa shape index (κ3) is 2.42. The fraction of sp³-hybridized carbons (Fsp3) is 0.167. The summed E-state index contributed by atoms with van der Waals surface area (Å²) in [6.45, 7) is 3.98. The van der Waals surface area contributed by atoms with Crippen molar-refractivity contribution in [2.24, 2.45) is 0 Å². The second-order valence-corrected chi connectivity index (χ2v) is 4.98. The highest BCUT2D eigenvalue weighted by molar-refractivity contribution is 5.86. The Morgan fingerprint density at radius 1 is 1.10 bits per heavy atom. The van der Waals surface area contributed by atoms with Crippen LogP contribution in [0.1, 0.15) is 12.5 Å². The van der Waals surface area contributed by atoms with Gasteiger partial charge in [0, 0.05) is 23.1 Å². The number of fused-ring (bicyclic) bond motifs is 2. The first-order valence-corrected chi connectivity index (χ1v) is 6.93. The van der Waals surface area contributed by atoms with Crippen molar-refractivity contribution >= 4 is 16.3 Å². The number of methoxy groups -OCH3 is 1. The number of benzene rings is 1. The van der Waals surface area contributed by atoms with E-state index < -0.39 is 0 Å². The molecule has 0 radical (unpaired) electrons. The van der Waals surface area contributed by atoms with E-state index in [4.69, 9.17) is 9.47 Å². The average molecular weight is 280 g/mol. The number of nitrogens with zero attached hydrogens (tertiary/aromatic N) is 1. The number of rotatable bonds is 3. The van der Waals surface area contributed by atoms with Crippen LogP contribution in [0.15, 0.2) is 55.1 Å². The van der Waals surface area contributed by atoms with Gasteiger partial charge in [0.25, 0.3) is 5.52 Å². The second kappa shape index (κ2) is 5.44. The van der Waals surface area contributed by atoms with Gasteiger partial charge in [-0.05, 0) is 37.4 Å². The summed E-state index contributed by atoms with van der Waals surface area (Å²) in [5.74, 6) is 1.73. The molecule has 0 saturated carbocycles. The molecule has 3 heteroatoms. The smallest absolute Gasteiger partial charge is 0.253 e. The van der Waals surface area contributed by atoms with Gasteiger partial charge >= 0.3 is 0 Å². The van der Waals surface area contributed by atoms with E-state index in [1.165, 1.54) is 0 Å². The molecule has 0 aliphatic heterocycles. The molecule has 106 valence electrons. The van der Waals surface area contributed by atoms with E-state index in [0.29, 0.717) is 0 Å². The van der Waals surface area contributed by atoms with Crippen LogP contribution in [0.25, 0.3) is 16.3 Å². The van der Waals surface area contributed by atoms with E-state index in [1.54, 1.807) is 13.4 Å². The first-order chi connectivity index (χ1) is 10.2. The van der Waals surface area contributed by atoms with Crippen LogP contribution in [0, 0.1) is 6.92 Å². The van der Waals surface area contributed by atoms with Crippen molar-refractivity contribution in [3.63, 3.8) is 0 Å². The van der Waals surface area contributed by atoms with Gasteiger partial charge in [-0.15, -0.1) is 0 Å². The molecule has 0 N–H and O–H groups in total. The predicted molar refractivity (Wildman–Crippen MR) is 83.8 cm³/mol. The van der Waals surface area contributed by atoms with Crippen LogP contribution in [0.2, 0.25) is 0 Å². The molecule has 0 spiro atoms. The number of aryl methyl sites for hydroxylation is 1. The number of aromatic nitrogens is 1. The Bertz CT molecular complexity index is 837. The van der Waals surface area contributed by atoms with E-state index in [9.17, 15) is 0 Å². The molecule has 1 aromatic carbocycles. The Balaban J connectivity index is 2.24. The molecule has 21 heavy (non-hydrogen) atoms. The minimum Gasteiger partial charge on any atom is -0.490 e. The van der Waals surface area contributed by atoms with Crippen molar-refractivity contribution in [3.8, 4) is 11.5 Å². The fourth-order valence-corrected chi connectivity index (χ4v) is 2.50. The van der Waals surface area contributed by atoms with Crippen LogP contribution >= 0.6 is 0 Å². The highest BCUT2D eigenvalue weighted by Gasteiger charge is 2.14. The summed E-state index contributed by atoms with van der Waals surface area (Å²) >= 11 is 0. The molecule has 2 aromatic heterocycles. The largest absolute Gasteiger partial charge is 0.490 e. The van der Waals surface area contributed by atoms with Gasteiger partial charge in [0.2, 0.25) is 0 Å². The molecule has 2 heterocycles.